The Morgan fingerprint density at radius 2 is 1.97 bits per heavy atom. The van der Waals surface area contributed by atoms with E-state index in [0.29, 0.717) is 42.6 Å². The van der Waals surface area contributed by atoms with Crippen molar-refractivity contribution in [2.24, 2.45) is 5.73 Å². The Morgan fingerprint density at radius 3 is 2.72 bits per heavy atom. The van der Waals surface area contributed by atoms with Crippen molar-refractivity contribution in [3.63, 3.8) is 0 Å². The molecule has 8 heteroatoms. The number of pyridine rings is 1. The fourth-order valence-electron chi connectivity index (χ4n) is 4.67. The molecule has 2 heterocycles. The lowest BCUT2D eigenvalue weighted by atomic mass is 9.91. The second kappa shape index (κ2) is 10.2. The highest BCUT2D eigenvalue weighted by atomic mass is 16.5. The topological polar surface area (TPSA) is 110 Å². The van der Waals surface area contributed by atoms with E-state index in [-0.39, 0.29) is 12.5 Å². The number of likely N-dealkylation sites (tertiary alicyclic amines) is 1. The maximum absolute atomic E-state index is 12.0. The summed E-state index contributed by atoms with van der Waals surface area (Å²) in [7, 11) is 1.53. The van der Waals surface area contributed by atoms with E-state index in [0.717, 1.165) is 17.7 Å². The van der Waals surface area contributed by atoms with Crippen molar-refractivity contribution in [3.05, 3.63) is 88.6 Å². The van der Waals surface area contributed by atoms with Crippen LogP contribution >= 0.6 is 0 Å². The average molecular weight is 484 g/mol. The van der Waals surface area contributed by atoms with E-state index < -0.39 is 5.91 Å². The quantitative estimate of drug-likeness (QED) is 0.428. The molecule has 1 fully saturated rings. The number of ether oxygens (including phenoxy) is 1. The fourth-order valence-corrected chi connectivity index (χ4v) is 4.67. The molecular formula is C28H29N5O3. The van der Waals surface area contributed by atoms with Crippen LogP contribution in [0, 0.1) is 0 Å². The molecular weight excluding hydrogens is 454 g/mol. The van der Waals surface area contributed by atoms with Crippen molar-refractivity contribution in [2.45, 2.75) is 18.9 Å². The van der Waals surface area contributed by atoms with Crippen LogP contribution in [-0.2, 0) is 22.5 Å². The van der Waals surface area contributed by atoms with E-state index in [4.69, 9.17) is 10.5 Å². The monoisotopic (exact) mass is 483 g/mol. The van der Waals surface area contributed by atoms with Gasteiger partial charge < -0.3 is 26.0 Å². The summed E-state index contributed by atoms with van der Waals surface area (Å²) in [5, 5.41) is 6.67. The highest BCUT2D eigenvalue weighted by Crippen LogP contribution is 2.29. The maximum atomic E-state index is 12.0. The van der Waals surface area contributed by atoms with Crippen LogP contribution in [0.4, 0.5) is 17.2 Å². The van der Waals surface area contributed by atoms with Gasteiger partial charge in [-0.1, -0.05) is 42.5 Å². The molecule has 4 N–H and O–H groups in total. The average Bonchev–Trinajstić information content (AvgIpc) is 3.33. The Bertz CT molecular complexity index is 1310. The molecule has 0 atom stereocenters. The summed E-state index contributed by atoms with van der Waals surface area (Å²) in [4.78, 5) is 30.1. The van der Waals surface area contributed by atoms with Crippen LogP contribution < -0.4 is 16.4 Å². The molecule has 2 aliphatic rings. The zero-order chi connectivity index (χ0) is 25.1. The normalized spacial score (nSPS) is 14.3. The van der Waals surface area contributed by atoms with Crippen LogP contribution in [0.5, 0.6) is 0 Å². The Morgan fingerprint density at radius 1 is 1.17 bits per heavy atom. The first-order chi connectivity index (χ1) is 17.5. The van der Waals surface area contributed by atoms with Crippen molar-refractivity contribution >= 4 is 35.1 Å². The van der Waals surface area contributed by atoms with Gasteiger partial charge in [-0.3, -0.25) is 9.59 Å². The molecule has 0 bridgehead atoms. The first kappa shape index (κ1) is 23.6. The van der Waals surface area contributed by atoms with Gasteiger partial charge in [-0.05, 0) is 40.8 Å². The minimum Gasteiger partial charge on any atom is -0.380 e. The van der Waals surface area contributed by atoms with Crippen LogP contribution in [-0.4, -0.2) is 48.5 Å². The van der Waals surface area contributed by atoms with Crippen LogP contribution in [0.3, 0.4) is 0 Å². The van der Waals surface area contributed by atoms with Crippen molar-refractivity contribution in [3.8, 4) is 0 Å². The first-order valence-electron chi connectivity index (χ1n) is 12.0. The Kier molecular flexibility index (Phi) is 6.69. The van der Waals surface area contributed by atoms with Crippen molar-refractivity contribution < 1.29 is 14.3 Å². The molecule has 36 heavy (non-hydrogen) atoms. The van der Waals surface area contributed by atoms with Gasteiger partial charge >= 0.3 is 0 Å². The molecule has 5 rings (SSSR count). The van der Waals surface area contributed by atoms with E-state index >= 15 is 0 Å². The maximum Gasteiger partial charge on any atom is 0.252 e. The smallest absolute Gasteiger partial charge is 0.252 e. The van der Waals surface area contributed by atoms with E-state index in [2.05, 4.69) is 58.1 Å². The van der Waals surface area contributed by atoms with Crippen LogP contribution in [0.25, 0.3) is 6.08 Å². The number of carbonyl (C=O) groups is 2. The summed E-state index contributed by atoms with van der Waals surface area (Å²) in [5.41, 5.74) is 12.3. The van der Waals surface area contributed by atoms with Gasteiger partial charge in [0.1, 0.15) is 12.4 Å². The number of hydrogen-bond acceptors (Lipinski definition) is 6. The third kappa shape index (κ3) is 4.94. The van der Waals surface area contributed by atoms with Gasteiger partial charge in [-0.15, -0.1) is 0 Å². The Balaban J connectivity index is 1.25. The summed E-state index contributed by atoms with van der Waals surface area (Å²) in [6.45, 7) is 2.11. The molecule has 0 radical (unpaired) electrons. The number of nitrogens with one attached hydrogen (secondary N) is 2. The lowest BCUT2D eigenvalue weighted by Gasteiger charge is -2.39. The summed E-state index contributed by atoms with van der Waals surface area (Å²) in [6.07, 6.45) is 6.74. The molecule has 1 aromatic heterocycles. The predicted octanol–water partition coefficient (Wildman–Crippen LogP) is 3.68. The van der Waals surface area contributed by atoms with Gasteiger partial charge in [0.05, 0.1) is 11.3 Å². The minimum absolute atomic E-state index is 0.0232. The number of anilines is 3. The number of allylic oxidation sites excluding steroid dienone is 1. The first-order valence-corrected chi connectivity index (χ1v) is 12.0. The van der Waals surface area contributed by atoms with E-state index in [1.54, 1.807) is 11.0 Å². The van der Waals surface area contributed by atoms with Crippen LogP contribution in [0.15, 0.2) is 60.8 Å². The number of rotatable bonds is 9. The molecule has 2 amide bonds. The fraction of sp³-hybridized carbons (Fsp3) is 0.250. The third-order valence-corrected chi connectivity index (χ3v) is 6.70. The molecule has 184 valence electrons. The van der Waals surface area contributed by atoms with E-state index in [1.807, 2.05) is 12.1 Å². The highest BCUT2D eigenvalue weighted by molar-refractivity contribution is 5.98. The third-order valence-electron chi connectivity index (χ3n) is 6.70. The molecule has 1 aliphatic carbocycles. The van der Waals surface area contributed by atoms with Gasteiger partial charge in [0.25, 0.3) is 5.91 Å². The molecule has 0 spiro atoms. The number of hydrogen-bond donors (Lipinski definition) is 3. The highest BCUT2D eigenvalue weighted by Gasteiger charge is 2.31. The van der Waals surface area contributed by atoms with E-state index in [9.17, 15) is 9.59 Å². The number of nitrogens with two attached hydrogens (primary N) is 1. The van der Waals surface area contributed by atoms with Crippen molar-refractivity contribution in [1.29, 1.82) is 0 Å². The number of fused-ring (bicyclic) bond motifs is 1. The molecule has 2 aromatic carbocycles. The van der Waals surface area contributed by atoms with Crippen molar-refractivity contribution in [2.75, 3.05) is 37.4 Å². The SMILES string of the molecule is COCC(=O)N1CC(c2ccc(Nc3cc(NCc4cccc5c4C=CC5)c(C(N)=O)cn3)cc2)C1. The number of amides is 2. The molecule has 3 aromatic rings. The Hall–Kier alpha value is -4.17. The number of carbonyl (C=O) groups excluding carboxylic acids is 2. The van der Waals surface area contributed by atoms with Crippen molar-refractivity contribution in [1.82, 2.24) is 9.88 Å². The summed E-state index contributed by atoms with van der Waals surface area (Å²) in [5.74, 6) is 0.430. The molecule has 8 nitrogen and oxygen atoms in total. The van der Waals surface area contributed by atoms with Gasteiger partial charge in [0, 0.05) is 50.6 Å². The van der Waals surface area contributed by atoms with Crippen LogP contribution in [0.2, 0.25) is 0 Å². The van der Waals surface area contributed by atoms with Gasteiger partial charge in [-0.25, -0.2) is 4.98 Å². The van der Waals surface area contributed by atoms with Gasteiger partial charge in [-0.2, -0.15) is 0 Å². The number of methoxy groups -OCH3 is 1. The predicted molar refractivity (Wildman–Crippen MR) is 140 cm³/mol. The summed E-state index contributed by atoms with van der Waals surface area (Å²) in [6, 6.07) is 16.2. The van der Waals surface area contributed by atoms with E-state index in [1.165, 1.54) is 30.0 Å². The lowest BCUT2D eigenvalue weighted by Crippen LogP contribution is -2.49. The Labute approximate surface area is 210 Å². The zero-order valence-electron chi connectivity index (χ0n) is 20.2. The lowest BCUT2D eigenvalue weighted by molar-refractivity contribution is -0.139. The number of benzene rings is 2. The molecule has 1 saturated heterocycles. The zero-order valence-corrected chi connectivity index (χ0v) is 20.2. The van der Waals surface area contributed by atoms with Gasteiger partial charge in [0.2, 0.25) is 5.91 Å². The number of aromatic nitrogens is 1. The molecule has 1 aliphatic heterocycles. The second-order valence-electron chi connectivity index (χ2n) is 9.11. The molecule has 0 unspecified atom stereocenters. The number of nitrogens with zero attached hydrogens (tertiary/aromatic N) is 2. The standard InChI is InChI=1S/C28H29N5O3/c1-36-17-27(34)33-15-21(16-33)18-8-10-22(11-9-18)32-26-12-25(24(14-31-26)28(29)35)30-13-20-6-2-4-19-5-3-7-23(19)20/h2-4,6-12,14,21H,5,13,15-17H2,1H3,(H2,29,35)(H2,30,31,32). The van der Waals surface area contributed by atoms with Gasteiger partial charge in [0.15, 0.2) is 0 Å². The summed E-state index contributed by atoms with van der Waals surface area (Å²) < 4.78 is 4.92. The van der Waals surface area contributed by atoms with Crippen LogP contribution in [0.1, 0.15) is 38.5 Å². The molecule has 0 saturated carbocycles. The second-order valence-corrected chi connectivity index (χ2v) is 9.11. The number of primary amides is 1. The summed E-state index contributed by atoms with van der Waals surface area (Å²) >= 11 is 0. The minimum atomic E-state index is -0.530. The largest absolute Gasteiger partial charge is 0.380 e.